The quantitative estimate of drug-likeness (QED) is 0.703. The van der Waals surface area contributed by atoms with E-state index in [9.17, 15) is 9.59 Å². The molecule has 1 aliphatic heterocycles. The second-order valence-electron chi connectivity index (χ2n) is 5.07. The lowest BCUT2D eigenvalue weighted by Gasteiger charge is -2.18. The SMILES string of the molecule is CCOC(=O)C1=NOC(CC(=O)C(C)(C)C)C1. The number of nitrogens with zero attached hydrogens (tertiary/aromatic N) is 1. The molecule has 1 aliphatic rings. The van der Waals surface area contributed by atoms with E-state index < -0.39 is 11.4 Å². The van der Waals surface area contributed by atoms with Gasteiger partial charge in [-0.25, -0.2) is 4.79 Å². The average molecular weight is 241 g/mol. The maximum atomic E-state index is 11.8. The highest BCUT2D eigenvalue weighted by Crippen LogP contribution is 2.22. The van der Waals surface area contributed by atoms with Crippen molar-refractivity contribution >= 4 is 17.5 Å². The van der Waals surface area contributed by atoms with E-state index in [0.29, 0.717) is 13.0 Å². The van der Waals surface area contributed by atoms with E-state index in [1.807, 2.05) is 20.8 Å². The Bertz CT molecular complexity index is 341. The molecule has 0 spiro atoms. The molecule has 5 heteroatoms. The monoisotopic (exact) mass is 241 g/mol. The first-order chi connectivity index (χ1) is 7.84. The van der Waals surface area contributed by atoms with Crippen molar-refractivity contribution in [2.24, 2.45) is 10.6 Å². The molecule has 1 heterocycles. The van der Waals surface area contributed by atoms with Gasteiger partial charge in [-0.2, -0.15) is 0 Å². The van der Waals surface area contributed by atoms with E-state index in [1.165, 1.54) is 0 Å². The summed E-state index contributed by atoms with van der Waals surface area (Å²) in [7, 11) is 0. The Hall–Kier alpha value is -1.39. The van der Waals surface area contributed by atoms with Crippen LogP contribution in [0.3, 0.4) is 0 Å². The summed E-state index contributed by atoms with van der Waals surface area (Å²) in [6.07, 6.45) is 0.289. The van der Waals surface area contributed by atoms with Crippen LogP contribution < -0.4 is 0 Å². The van der Waals surface area contributed by atoms with Crippen molar-refractivity contribution in [3.63, 3.8) is 0 Å². The van der Waals surface area contributed by atoms with Gasteiger partial charge in [-0.3, -0.25) is 4.79 Å². The van der Waals surface area contributed by atoms with Crippen LogP contribution in [0.5, 0.6) is 0 Å². The van der Waals surface area contributed by atoms with Crippen LogP contribution in [0.25, 0.3) is 0 Å². The van der Waals surface area contributed by atoms with E-state index in [0.717, 1.165) is 0 Å². The summed E-state index contributed by atoms with van der Waals surface area (Å²) in [6.45, 7) is 7.62. The molecule has 0 saturated heterocycles. The van der Waals surface area contributed by atoms with E-state index in [2.05, 4.69) is 5.16 Å². The predicted octanol–water partition coefficient (Wildman–Crippen LogP) is 1.70. The van der Waals surface area contributed by atoms with Gasteiger partial charge >= 0.3 is 5.97 Å². The maximum Gasteiger partial charge on any atom is 0.356 e. The van der Waals surface area contributed by atoms with Gasteiger partial charge < -0.3 is 9.57 Å². The van der Waals surface area contributed by atoms with Crippen molar-refractivity contribution in [1.82, 2.24) is 0 Å². The van der Waals surface area contributed by atoms with Crippen LogP contribution in [-0.4, -0.2) is 30.2 Å². The Balaban J connectivity index is 2.44. The highest BCUT2D eigenvalue weighted by Gasteiger charge is 2.32. The number of oxime groups is 1. The Morgan fingerprint density at radius 1 is 1.47 bits per heavy atom. The maximum absolute atomic E-state index is 11.8. The van der Waals surface area contributed by atoms with E-state index in [1.54, 1.807) is 6.92 Å². The summed E-state index contributed by atoms with van der Waals surface area (Å²) in [4.78, 5) is 28.2. The fourth-order valence-corrected chi connectivity index (χ4v) is 1.39. The van der Waals surface area contributed by atoms with Gasteiger partial charge in [-0.05, 0) is 6.92 Å². The van der Waals surface area contributed by atoms with Gasteiger partial charge in [0.15, 0.2) is 5.71 Å². The molecular weight excluding hydrogens is 222 g/mol. The molecule has 0 amide bonds. The van der Waals surface area contributed by atoms with Crippen molar-refractivity contribution < 1.29 is 19.2 Å². The number of carbonyl (C=O) groups is 2. The van der Waals surface area contributed by atoms with Gasteiger partial charge in [0.2, 0.25) is 0 Å². The standard InChI is InChI=1S/C12H19NO4/c1-5-16-11(15)9-6-8(17-13-9)7-10(14)12(2,3)4/h8H,5-7H2,1-4H3. The van der Waals surface area contributed by atoms with E-state index in [-0.39, 0.29) is 24.0 Å². The molecule has 5 nitrogen and oxygen atoms in total. The number of hydrogen-bond acceptors (Lipinski definition) is 5. The number of Topliss-reactive ketones (excluding diaryl/α,β-unsaturated/α-hetero) is 1. The second kappa shape index (κ2) is 5.29. The van der Waals surface area contributed by atoms with Gasteiger partial charge in [0.1, 0.15) is 11.9 Å². The van der Waals surface area contributed by atoms with E-state index >= 15 is 0 Å². The first-order valence-corrected chi connectivity index (χ1v) is 5.77. The molecule has 17 heavy (non-hydrogen) atoms. The first kappa shape index (κ1) is 13.7. The lowest BCUT2D eigenvalue weighted by atomic mass is 9.87. The third-order valence-corrected chi connectivity index (χ3v) is 2.49. The smallest absolute Gasteiger partial charge is 0.356 e. The van der Waals surface area contributed by atoms with Gasteiger partial charge in [0.05, 0.1) is 6.61 Å². The summed E-state index contributed by atoms with van der Waals surface area (Å²) in [5, 5.41) is 3.66. The molecule has 0 aliphatic carbocycles. The lowest BCUT2D eigenvalue weighted by molar-refractivity contribution is -0.135. The topological polar surface area (TPSA) is 65.0 Å². The van der Waals surface area contributed by atoms with Crippen molar-refractivity contribution in [1.29, 1.82) is 0 Å². The molecule has 0 aromatic heterocycles. The summed E-state index contributed by atoms with van der Waals surface area (Å²) >= 11 is 0. The molecule has 96 valence electrons. The minimum atomic E-state index is -0.460. The minimum absolute atomic E-state index is 0.0998. The van der Waals surface area contributed by atoms with Crippen LogP contribution in [0.15, 0.2) is 5.16 Å². The summed E-state index contributed by atoms with van der Waals surface area (Å²) in [5.41, 5.74) is -0.130. The molecular formula is C12H19NO4. The normalized spacial score (nSPS) is 19.5. The first-order valence-electron chi connectivity index (χ1n) is 5.77. The van der Waals surface area contributed by atoms with Crippen LogP contribution in [0.1, 0.15) is 40.5 Å². The number of hydrogen-bond donors (Lipinski definition) is 0. The number of ether oxygens (including phenoxy) is 1. The molecule has 1 rings (SSSR count). The Morgan fingerprint density at radius 3 is 2.65 bits per heavy atom. The van der Waals surface area contributed by atoms with Crippen LogP contribution in [-0.2, 0) is 19.2 Å². The highest BCUT2D eigenvalue weighted by molar-refractivity contribution is 6.36. The molecule has 0 saturated carbocycles. The van der Waals surface area contributed by atoms with Gasteiger partial charge in [0, 0.05) is 18.3 Å². The number of esters is 1. The second-order valence-corrected chi connectivity index (χ2v) is 5.07. The summed E-state index contributed by atoms with van der Waals surface area (Å²) in [6, 6.07) is 0. The van der Waals surface area contributed by atoms with Crippen molar-refractivity contribution in [2.45, 2.75) is 46.6 Å². The zero-order valence-corrected chi connectivity index (χ0v) is 10.8. The molecule has 1 atom stereocenters. The Labute approximate surface area is 101 Å². The zero-order chi connectivity index (χ0) is 13.1. The van der Waals surface area contributed by atoms with Gasteiger partial charge in [0.25, 0.3) is 0 Å². The zero-order valence-electron chi connectivity index (χ0n) is 10.8. The van der Waals surface area contributed by atoms with Gasteiger partial charge in [-0.15, -0.1) is 0 Å². The third-order valence-electron chi connectivity index (χ3n) is 2.49. The van der Waals surface area contributed by atoms with Crippen molar-refractivity contribution in [3.8, 4) is 0 Å². The Morgan fingerprint density at radius 2 is 2.12 bits per heavy atom. The molecule has 0 radical (unpaired) electrons. The summed E-state index contributed by atoms with van der Waals surface area (Å²) in [5.74, 6) is -0.360. The number of ketones is 1. The Kier molecular flexibility index (Phi) is 4.26. The van der Waals surface area contributed by atoms with Gasteiger partial charge in [-0.1, -0.05) is 25.9 Å². The van der Waals surface area contributed by atoms with Crippen molar-refractivity contribution in [2.75, 3.05) is 6.61 Å². The largest absolute Gasteiger partial charge is 0.461 e. The summed E-state index contributed by atoms with van der Waals surface area (Å²) < 4.78 is 4.81. The fourth-order valence-electron chi connectivity index (χ4n) is 1.39. The van der Waals surface area contributed by atoms with Crippen LogP contribution in [0.2, 0.25) is 0 Å². The van der Waals surface area contributed by atoms with Crippen molar-refractivity contribution in [3.05, 3.63) is 0 Å². The fraction of sp³-hybridized carbons (Fsp3) is 0.750. The van der Waals surface area contributed by atoms with Crippen LogP contribution in [0.4, 0.5) is 0 Å². The highest BCUT2D eigenvalue weighted by atomic mass is 16.6. The molecule has 0 N–H and O–H groups in total. The minimum Gasteiger partial charge on any atom is -0.461 e. The molecule has 0 aromatic rings. The van der Waals surface area contributed by atoms with Crippen LogP contribution >= 0.6 is 0 Å². The molecule has 1 unspecified atom stereocenters. The predicted molar refractivity (Wildman–Crippen MR) is 62.6 cm³/mol. The molecule has 0 fully saturated rings. The van der Waals surface area contributed by atoms with E-state index in [4.69, 9.17) is 9.57 Å². The molecule has 0 aromatic carbocycles. The number of carbonyl (C=O) groups excluding carboxylic acids is 2. The number of rotatable bonds is 4. The molecule has 0 bridgehead atoms. The third kappa shape index (κ3) is 3.84. The average Bonchev–Trinajstić information content (AvgIpc) is 2.65. The lowest BCUT2D eigenvalue weighted by Crippen LogP contribution is -2.26. The van der Waals surface area contributed by atoms with Crippen LogP contribution in [0, 0.1) is 5.41 Å².